The van der Waals surface area contributed by atoms with Gasteiger partial charge in [0.1, 0.15) is 5.01 Å². The third kappa shape index (κ3) is 4.53. The van der Waals surface area contributed by atoms with Crippen molar-refractivity contribution in [2.45, 2.75) is 6.42 Å². The van der Waals surface area contributed by atoms with Crippen molar-refractivity contribution in [2.24, 2.45) is 0 Å². The van der Waals surface area contributed by atoms with Crippen molar-refractivity contribution in [1.82, 2.24) is 4.98 Å². The van der Waals surface area contributed by atoms with Gasteiger partial charge in [0.2, 0.25) is 5.91 Å². The summed E-state index contributed by atoms with van der Waals surface area (Å²) in [6.45, 7) is 0. The fourth-order valence-corrected chi connectivity index (χ4v) is 4.55. The number of amides is 1. The third-order valence-electron chi connectivity index (χ3n) is 4.52. The van der Waals surface area contributed by atoms with Crippen LogP contribution in [0.25, 0.3) is 21.7 Å². The lowest BCUT2D eigenvalue weighted by Gasteiger charge is -2.08. The molecule has 2 heterocycles. The van der Waals surface area contributed by atoms with Gasteiger partial charge in [-0.1, -0.05) is 12.1 Å². The van der Waals surface area contributed by atoms with Crippen molar-refractivity contribution in [1.29, 1.82) is 0 Å². The summed E-state index contributed by atoms with van der Waals surface area (Å²) < 4.78 is 10.6. The van der Waals surface area contributed by atoms with E-state index < -0.39 is 0 Å². The Morgan fingerprint density at radius 3 is 2.60 bits per heavy atom. The summed E-state index contributed by atoms with van der Waals surface area (Å²) in [5.74, 6) is 1.22. The van der Waals surface area contributed by atoms with Gasteiger partial charge in [0, 0.05) is 16.6 Å². The van der Waals surface area contributed by atoms with Crippen LogP contribution in [0, 0.1) is 0 Å². The highest BCUT2D eigenvalue weighted by atomic mass is 32.1. The fraction of sp³-hybridized carbons (Fsp3) is 0.130. The van der Waals surface area contributed by atoms with E-state index in [1.54, 1.807) is 25.6 Å². The summed E-state index contributed by atoms with van der Waals surface area (Å²) in [7, 11) is 3.21. The van der Waals surface area contributed by atoms with E-state index in [0.29, 0.717) is 11.5 Å². The van der Waals surface area contributed by atoms with Crippen LogP contribution in [0.15, 0.2) is 64.7 Å². The van der Waals surface area contributed by atoms with Gasteiger partial charge in [-0.2, -0.15) is 11.3 Å². The average molecular weight is 437 g/mol. The number of nitrogens with zero attached hydrogens (tertiary/aromatic N) is 1. The maximum absolute atomic E-state index is 12.5. The quantitative estimate of drug-likeness (QED) is 0.401. The second kappa shape index (κ2) is 9.11. The number of aromatic nitrogens is 1. The molecule has 0 bridgehead atoms. The highest BCUT2D eigenvalue weighted by molar-refractivity contribution is 7.13. The molecule has 0 unspecified atom stereocenters. The molecular weight excluding hydrogens is 416 g/mol. The molecule has 0 radical (unpaired) electrons. The number of thiophene rings is 1. The number of hydrogen-bond acceptors (Lipinski definition) is 6. The summed E-state index contributed by atoms with van der Waals surface area (Å²) >= 11 is 3.15. The van der Waals surface area contributed by atoms with Crippen LogP contribution in [0.4, 0.5) is 5.69 Å². The Morgan fingerprint density at radius 1 is 0.967 bits per heavy atom. The Kier molecular flexibility index (Phi) is 6.11. The van der Waals surface area contributed by atoms with Crippen molar-refractivity contribution >= 4 is 34.3 Å². The van der Waals surface area contributed by atoms with E-state index in [1.165, 1.54) is 11.3 Å². The van der Waals surface area contributed by atoms with Crippen LogP contribution < -0.4 is 14.8 Å². The van der Waals surface area contributed by atoms with Gasteiger partial charge in [0.25, 0.3) is 0 Å². The molecule has 0 aliphatic heterocycles. The smallest absolute Gasteiger partial charge is 0.230 e. The molecule has 0 aliphatic rings. The summed E-state index contributed by atoms with van der Waals surface area (Å²) in [4.78, 5) is 17.1. The number of carbonyl (C=O) groups is 1. The summed E-state index contributed by atoms with van der Waals surface area (Å²) in [6.07, 6.45) is 0.215. The van der Waals surface area contributed by atoms with Crippen molar-refractivity contribution < 1.29 is 14.3 Å². The largest absolute Gasteiger partial charge is 0.493 e. The molecule has 1 amide bonds. The molecule has 4 rings (SSSR count). The van der Waals surface area contributed by atoms with Crippen molar-refractivity contribution in [3.63, 3.8) is 0 Å². The molecule has 2 aromatic carbocycles. The zero-order valence-corrected chi connectivity index (χ0v) is 18.2. The minimum atomic E-state index is -0.0957. The Hall–Kier alpha value is -3.16. The predicted molar refractivity (Wildman–Crippen MR) is 123 cm³/mol. The van der Waals surface area contributed by atoms with E-state index >= 15 is 0 Å². The molecule has 7 heteroatoms. The first-order valence-corrected chi connectivity index (χ1v) is 11.1. The van der Waals surface area contributed by atoms with Crippen LogP contribution in [-0.2, 0) is 11.2 Å². The van der Waals surface area contributed by atoms with Crippen LogP contribution in [0.5, 0.6) is 11.5 Å². The Balaban J connectivity index is 1.44. The van der Waals surface area contributed by atoms with E-state index in [9.17, 15) is 4.79 Å². The first-order valence-electron chi connectivity index (χ1n) is 9.25. The van der Waals surface area contributed by atoms with Gasteiger partial charge in [-0.05, 0) is 58.3 Å². The summed E-state index contributed by atoms with van der Waals surface area (Å²) in [5, 5.41) is 9.84. The lowest BCUT2D eigenvalue weighted by Crippen LogP contribution is -2.14. The van der Waals surface area contributed by atoms with E-state index in [1.807, 2.05) is 53.2 Å². The van der Waals surface area contributed by atoms with Crippen molar-refractivity contribution in [3.8, 4) is 33.2 Å². The third-order valence-corrected chi connectivity index (χ3v) is 6.15. The number of carbonyl (C=O) groups excluding carboxylic acids is 1. The zero-order valence-electron chi connectivity index (χ0n) is 16.5. The SMILES string of the molecule is COc1ccc(-c2nc(CC(=O)Nc3cccc(-c4ccsc4)c3)cs2)cc1OC. The number of methoxy groups -OCH3 is 2. The lowest BCUT2D eigenvalue weighted by molar-refractivity contribution is -0.115. The highest BCUT2D eigenvalue weighted by Gasteiger charge is 2.12. The number of ether oxygens (including phenoxy) is 2. The number of benzene rings is 2. The molecule has 2 aromatic heterocycles. The lowest BCUT2D eigenvalue weighted by atomic mass is 10.1. The Morgan fingerprint density at radius 2 is 1.83 bits per heavy atom. The molecule has 5 nitrogen and oxygen atoms in total. The molecule has 0 saturated heterocycles. The standard InChI is InChI=1S/C23H20N2O3S2/c1-27-20-7-6-16(11-21(20)28-2)23-25-19(14-30-23)12-22(26)24-18-5-3-4-15(10-18)17-8-9-29-13-17/h3-11,13-14H,12H2,1-2H3,(H,24,26). The van der Waals surface area contributed by atoms with Crippen molar-refractivity contribution in [3.05, 3.63) is 70.4 Å². The molecule has 4 aromatic rings. The number of hydrogen-bond donors (Lipinski definition) is 1. The number of rotatable bonds is 7. The van der Waals surface area contributed by atoms with Gasteiger partial charge in [-0.15, -0.1) is 11.3 Å². The number of anilines is 1. The molecule has 30 heavy (non-hydrogen) atoms. The second-order valence-electron chi connectivity index (χ2n) is 6.53. The molecule has 1 N–H and O–H groups in total. The predicted octanol–water partition coefficient (Wildman–Crippen LogP) is 5.74. The zero-order chi connectivity index (χ0) is 20.9. The van der Waals surface area contributed by atoms with Crippen molar-refractivity contribution in [2.75, 3.05) is 19.5 Å². The van der Waals surface area contributed by atoms with Crippen LogP contribution in [0.2, 0.25) is 0 Å². The number of thiazole rings is 1. The van der Waals surface area contributed by atoms with E-state index in [4.69, 9.17) is 9.47 Å². The van der Waals surface area contributed by atoms with Crippen LogP contribution in [0.1, 0.15) is 5.69 Å². The topological polar surface area (TPSA) is 60.5 Å². The molecule has 0 aliphatic carbocycles. The van der Waals surface area contributed by atoms with Gasteiger partial charge < -0.3 is 14.8 Å². The summed E-state index contributed by atoms with van der Waals surface area (Å²) in [6, 6.07) is 15.6. The minimum Gasteiger partial charge on any atom is -0.493 e. The second-order valence-corrected chi connectivity index (χ2v) is 8.17. The molecule has 0 fully saturated rings. The van der Waals surface area contributed by atoms with Gasteiger partial charge in [-0.3, -0.25) is 4.79 Å². The minimum absolute atomic E-state index is 0.0957. The van der Waals surface area contributed by atoms with Gasteiger partial charge in [0.05, 0.1) is 26.3 Å². The van der Waals surface area contributed by atoms with Gasteiger partial charge in [-0.25, -0.2) is 4.98 Å². The summed E-state index contributed by atoms with van der Waals surface area (Å²) in [5.41, 5.74) is 4.66. The highest BCUT2D eigenvalue weighted by Crippen LogP contribution is 2.33. The molecule has 0 spiro atoms. The Bertz CT molecular complexity index is 1150. The average Bonchev–Trinajstić information content (AvgIpc) is 3.46. The maximum Gasteiger partial charge on any atom is 0.230 e. The molecular formula is C23H20N2O3S2. The van der Waals surface area contributed by atoms with Gasteiger partial charge >= 0.3 is 0 Å². The van der Waals surface area contributed by atoms with Crippen LogP contribution >= 0.6 is 22.7 Å². The molecule has 0 atom stereocenters. The Labute approximate surface area is 183 Å². The normalized spacial score (nSPS) is 10.6. The van der Waals surface area contributed by atoms with Crippen LogP contribution in [-0.4, -0.2) is 25.1 Å². The molecule has 0 saturated carbocycles. The van der Waals surface area contributed by atoms with E-state index in [-0.39, 0.29) is 12.3 Å². The number of nitrogens with one attached hydrogen (secondary N) is 1. The monoisotopic (exact) mass is 436 g/mol. The van der Waals surface area contributed by atoms with Gasteiger partial charge in [0.15, 0.2) is 11.5 Å². The fourth-order valence-electron chi connectivity index (χ4n) is 3.06. The first-order chi connectivity index (χ1) is 14.7. The molecule has 152 valence electrons. The first kappa shape index (κ1) is 20.1. The van der Waals surface area contributed by atoms with E-state index in [0.717, 1.165) is 33.1 Å². The van der Waals surface area contributed by atoms with E-state index in [2.05, 4.69) is 21.7 Å². The van der Waals surface area contributed by atoms with Crippen LogP contribution in [0.3, 0.4) is 0 Å². The maximum atomic E-state index is 12.5.